The molecule has 3 nitrogen and oxygen atoms in total. The molecule has 1 N–H and O–H groups in total. The van der Waals surface area contributed by atoms with Gasteiger partial charge in [0.2, 0.25) is 0 Å². The number of ether oxygens (including phenoxy) is 1. The summed E-state index contributed by atoms with van der Waals surface area (Å²) in [7, 11) is 0. The van der Waals surface area contributed by atoms with Crippen molar-refractivity contribution in [2.75, 3.05) is 26.3 Å². The van der Waals surface area contributed by atoms with E-state index in [1.165, 1.54) is 25.8 Å². The predicted octanol–water partition coefficient (Wildman–Crippen LogP) is 1.24. The molecule has 3 heteroatoms. The molecule has 2 heterocycles. The molecule has 2 aliphatic heterocycles. The fourth-order valence-electron chi connectivity index (χ4n) is 2.80. The lowest BCUT2D eigenvalue weighted by atomic mass is 10.0. The third-order valence-electron chi connectivity index (χ3n) is 3.73. The molecule has 0 radical (unpaired) electrons. The summed E-state index contributed by atoms with van der Waals surface area (Å²) in [5.74, 6) is 0. The highest BCUT2D eigenvalue weighted by molar-refractivity contribution is 4.88. The molecule has 0 aromatic heterocycles. The lowest BCUT2D eigenvalue weighted by molar-refractivity contribution is -0.0147. The summed E-state index contributed by atoms with van der Waals surface area (Å²) >= 11 is 0. The molecule has 2 aliphatic rings. The third kappa shape index (κ3) is 2.71. The zero-order valence-electron chi connectivity index (χ0n) is 10.0. The summed E-state index contributed by atoms with van der Waals surface area (Å²) in [5.41, 5.74) is 0. The molecule has 0 aromatic carbocycles. The topological polar surface area (TPSA) is 24.5 Å². The summed E-state index contributed by atoms with van der Waals surface area (Å²) < 4.78 is 5.60. The van der Waals surface area contributed by atoms with Gasteiger partial charge in [-0.05, 0) is 26.2 Å². The van der Waals surface area contributed by atoms with Gasteiger partial charge < -0.3 is 10.1 Å². The van der Waals surface area contributed by atoms with Gasteiger partial charge in [0.1, 0.15) is 0 Å². The second-order valence-corrected chi connectivity index (χ2v) is 4.94. The smallest absolute Gasteiger partial charge is 0.0621 e. The van der Waals surface area contributed by atoms with E-state index in [9.17, 15) is 0 Å². The second-order valence-electron chi connectivity index (χ2n) is 4.94. The molecule has 88 valence electrons. The van der Waals surface area contributed by atoms with Gasteiger partial charge in [-0.15, -0.1) is 0 Å². The number of nitrogens with zero attached hydrogens (tertiary/aromatic N) is 1. The van der Waals surface area contributed by atoms with E-state index in [1.54, 1.807) is 0 Å². The van der Waals surface area contributed by atoms with E-state index in [0.717, 1.165) is 19.8 Å². The minimum Gasteiger partial charge on any atom is -0.380 e. The van der Waals surface area contributed by atoms with Gasteiger partial charge in [-0.3, -0.25) is 4.90 Å². The Kier molecular flexibility index (Phi) is 4.00. The highest BCUT2D eigenvalue weighted by Crippen LogP contribution is 2.20. The van der Waals surface area contributed by atoms with Crippen LogP contribution in [0.25, 0.3) is 0 Å². The first-order valence-electron chi connectivity index (χ1n) is 6.38. The van der Waals surface area contributed by atoms with Gasteiger partial charge in [0.25, 0.3) is 0 Å². The molecule has 15 heavy (non-hydrogen) atoms. The van der Waals surface area contributed by atoms with Gasteiger partial charge in [0.15, 0.2) is 0 Å². The number of rotatable bonds is 2. The standard InChI is InChI=1S/C12H24N2O/c1-3-11-7-13-10(2)8-14(11)12-5-4-6-15-9-12/h10-13H,3-9H2,1-2H3. The Labute approximate surface area is 93.2 Å². The minimum absolute atomic E-state index is 0.634. The van der Waals surface area contributed by atoms with Crippen LogP contribution >= 0.6 is 0 Å². The molecule has 0 saturated carbocycles. The molecule has 2 fully saturated rings. The third-order valence-corrected chi connectivity index (χ3v) is 3.73. The quantitative estimate of drug-likeness (QED) is 0.745. The van der Waals surface area contributed by atoms with Crippen molar-refractivity contribution in [2.45, 2.75) is 51.2 Å². The van der Waals surface area contributed by atoms with Crippen molar-refractivity contribution in [1.29, 1.82) is 0 Å². The van der Waals surface area contributed by atoms with Crippen molar-refractivity contribution < 1.29 is 4.74 Å². The average Bonchev–Trinajstić information content (AvgIpc) is 2.30. The van der Waals surface area contributed by atoms with Crippen LogP contribution < -0.4 is 5.32 Å². The van der Waals surface area contributed by atoms with Crippen LogP contribution in [0.2, 0.25) is 0 Å². The van der Waals surface area contributed by atoms with Gasteiger partial charge in [0.05, 0.1) is 6.61 Å². The van der Waals surface area contributed by atoms with E-state index < -0.39 is 0 Å². The van der Waals surface area contributed by atoms with Crippen molar-refractivity contribution in [3.05, 3.63) is 0 Å². The Morgan fingerprint density at radius 2 is 2.33 bits per heavy atom. The maximum Gasteiger partial charge on any atom is 0.0621 e. The van der Waals surface area contributed by atoms with Crippen LogP contribution in [0.4, 0.5) is 0 Å². The Bertz CT molecular complexity index is 192. The molecule has 3 unspecified atom stereocenters. The van der Waals surface area contributed by atoms with Crippen molar-refractivity contribution in [2.24, 2.45) is 0 Å². The lowest BCUT2D eigenvalue weighted by Gasteiger charge is -2.44. The fourth-order valence-corrected chi connectivity index (χ4v) is 2.80. The molecule has 0 aliphatic carbocycles. The van der Waals surface area contributed by atoms with Gasteiger partial charge in [0, 0.05) is 37.8 Å². The molecule has 0 amide bonds. The summed E-state index contributed by atoms with van der Waals surface area (Å²) in [6, 6.07) is 2.02. The van der Waals surface area contributed by atoms with E-state index in [2.05, 4.69) is 24.1 Å². The van der Waals surface area contributed by atoms with Crippen LogP contribution in [-0.2, 0) is 4.74 Å². The van der Waals surface area contributed by atoms with Crippen molar-refractivity contribution >= 4 is 0 Å². The first-order valence-corrected chi connectivity index (χ1v) is 6.38. The molecule has 0 aromatic rings. The van der Waals surface area contributed by atoms with E-state index in [1.807, 2.05) is 0 Å². The first-order chi connectivity index (χ1) is 7.31. The van der Waals surface area contributed by atoms with Gasteiger partial charge in [-0.1, -0.05) is 6.92 Å². The summed E-state index contributed by atoms with van der Waals surface area (Å²) in [4.78, 5) is 2.68. The van der Waals surface area contributed by atoms with Crippen molar-refractivity contribution in [3.8, 4) is 0 Å². The average molecular weight is 212 g/mol. The largest absolute Gasteiger partial charge is 0.380 e. The van der Waals surface area contributed by atoms with Crippen LogP contribution in [0, 0.1) is 0 Å². The van der Waals surface area contributed by atoms with Gasteiger partial charge >= 0.3 is 0 Å². The maximum atomic E-state index is 5.60. The zero-order valence-corrected chi connectivity index (χ0v) is 10.0. The fraction of sp³-hybridized carbons (Fsp3) is 1.00. The van der Waals surface area contributed by atoms with E-state index >= 15 is 0 Å². The minimum atomic E-state index is 0.634. The van der Waals surface area contributed by atoms with Crippen LogP contribution in [0.15, 0.2) is 0 Å². The first kappa shape index (κ1) is 11.4. The zero-order chi connectivity index (χ0) is 10.7. The van der Waals surface area contributed by atoms with Crippen LogP contribution in [-0.4, -0.2) is 49.3 Å². The molecular weight excluding hydrogens is 188 g/mol. The number of hydrogen-bond donors (Lipinski definition) is 1. The Morgan fingerprint density at radius 1 is 1.47 bits per heavy atom. The van der Waals surface area contributed by atoms with Crippen LogP contribution in [0.5, 0.6) is 0 Å². The Morgan fingerprint density at radius 3 is 3.00 bits per heavy atom. The second kappa shape index (κ2) is 5.28. The van der Waals surface area contributed by atoms with E-state index in [4.69, 9.17) is 4.74 Å². The SMILES string of the molecule is CCC1CNC(C)CN1C1CCCOC1. The molecule has 3 atom stereocenters. The van der Waals surface area contributed by atoms with Crippen LogP contribution in [0.1, 0.15) is 33.1 Å². The maximum absolute atomic E-state index is 5.60. The molecule has 0 spiro atoms. The normalized spacial score (nSPS) is 39.2. The summed E-state index contributed by atoms with van der Waals surface area (Å²) in [5, 5.41) is 3.57. The Hall–Kier alpha value is -0.120. The van der Waals surface area contributed by atoms with Crippen molar-refractivity contribution in [3.63, 3.8) is 0 Å². The van der Waals surface area contributed by atoms with Gasteiger partial charge in [-0.25, -0.2) is 0 Å². The van der Waals surface area contributed by atoms with Crippen LogP contribution in [0.3, 0.4) is 0 Å². The highest BCUT2D eigenvalue weighted by atomic mass is 16.5. The lowest BCUT2D eigenvalue weighted by Crippen LogP contribution is -2.59. The monoisotopic (exact) mass is 212 g/mol. The molecule has 0 bridgehead atoms. The van der Waals surface area contributed by atoms with E-state index in [0.29, 0.717) is 18.1 Å². The van der Waals surface area contributed by atoms with Crippen molar-refractivity contribution in [1.82, 2.24) is 10.2 Å². The molecular formula is C12H24N2O. The summed E-state index contributed by atoms with van der Waals surface area (Å²) in [6.07, 6.45) is 3.80. The number of piperazine rings is 1. The molecule has 2 rings (SSSR count). The summed E-state index contributed by atoms with van der Waals surface area (Å²) in [6.45, 7) is 8.82. The Balaban J connectivity index is 1.95. The van der Waals surface area contributed by atoms with Gasteiger partial charge in [-0.2, -0.15) is 0 Å². The van der Waals surface area contributed by atoms with E-state index in [-0.39, 0.29) is 0 Å². The number of nitrogens with one attached hydrogen (secondary N) is 1. The predicted molar refractivity (Wildman–Crippen MR) is 62.1 cm³/mol. The molecule has 2 saturated heterocycles. The number of hydrogen-bond acceptors (Lipinski definition) is 3. The highest BCUT2D eigenvalue weighted by Gasteiger charge is 2.31.